The average molecular weight is 533 g/mol. The SMILES string of the molecule is Cc1ccc2sc(NC(=O)CSc3nc4sc5c(c4c(=O)n3-c3ccccc3)CCC(C)C5)nc2c1. The summed E-state index contributed by atoms with van der Waals surface area (Å²) in [7, 11) is 0. The molecule has 3 heterocycles. The predicted molar refractivity (Wildman–Crippen MR) is 150 cm³/mol. The zero-order valence-electron chi connectivity index (χ0n) is 19.9. The number of thioether (sulfide) groups is 1. The topological polar surface area (TPSA) is 76.9 Å². The number of benzene rings is 2. The van der Waals surface area contributed by atoms with Crippen LogP contribution in [0.2, 0.25) is 0 Å². The zero-order chi connectivity index (χ0) is 24.8. The number of amides is 1. The molecule has 1 amide bonds. The highest BCUT2D eigenvalue weighted by molar-refractivity contribution is 7.99. The van der Waals surface area contributed by atoms with Gasteiger partial charge in [-0.2, -0.15) is 0 Å². The standard InChI is InChI=1S/C27H24N4O2S3/c1-15-9-11-20-19(12-15)28-26(36-20)29-22(32)14-34-27-30-24-23(18-10-8-16(2)13-21(18)35-24)25(33)31(27)17-6-4-3-5-7-17/h3-7,9,11-12,16H,8,10,13-14H2,1-2H3,(H,28,29,32). The van der Waals surface area contributed by atoms with Gasteiger partial charge in [0, 0.05) is 4.88 Å². The minimum atomic E-state index is -0.177. The highest BCUT2D eigenvalue weighted by Crippen LogP contribution is 2.37. The van der Waals surface area contributed by atoms with Crippen molar-refractivity contribution in [2.24, 2.45) is 5.92 Å². The van der Waals surface area contributed by atoms with E-state index in [0.29, 0.717) is 16.2 Å². The molecule has 182 valence electrons. The van der Waals surface area contributed by atoms with Crippen LogP contribution in [0, 0.1) is 12.8 Å². The van der Waals surface area contributed by atoms with Crippen LogP contribution in [-0.4, -0.2) is 26.2 Å². The number of hydrogen-bond donors (Lipinski definition) is 1. The molecule has 1 unspecified atom stereocenters. The molecule has 0 saturated carbocycles. The molecular formula is C27H24N4O2S3. The maximum Gasteiger partial charge on any atom is 0.267 e. The highest BCUT2D eigenvalue weighted by atomic mass is 32.2. The third kappa shape index (κ3) is 4.36. The molecule has 1 atom stereocenters. The Balaban J connectivity index is 1.33. The Morgan fingerprint density at radius 3 is 2.83 bits per heavy atom. The summed E-state index contributed by atoms with van der Waals surface area (Å²) in [6.07, 6.45) is 3.00. The van der Waals surface area contributed by atoms with Crippen molar-refractivity contribution in [1.82, 2.24) is 14.5 Å². The number of fused-ring (bicyclic) bond motifs is 4. The van der Waals surface area contributed by atoms with Gasteiger partial charge in [-0.3, -0.25) is 14.2 Å². The first kappa shape index (κ1) is 23.4. The molecule has 36 heavy (non-hydrogen) atoms. The summed E-state index contributed by atoms with van der Waals surface area (Å²) >= 11 is 4.36. The lowest BCUT2D eigenvalue weighted by atomic mass is 9.89. The molecule has 0 radical (unpaired) electrons. The molecular weight excluding hydrogens is 509 g/mol. The van der Waals surface area contributed by atoms with Crippen LogP contribution >= 0.6 is 34.4 Å². The van der Waals surface area contributed by atoms with E-state index in [4.69, 9.17) is 4.98 Å². The molecule has 0 fully saturated rings. The molecule has 0 spiro atoms. The van der Waals surface area contributed by atoms with E-state index in [9.17, 15) is 9.59 Å². The van der Waals surface area contributed by atoms with Crippen LogP contribution in [0.5, 0.6) is 0 Å². The van der Waals surface area contributed by atoms with Crippen LogP contribution in [0.15, 0.2) is 58.5 Å². The Morgan fingerprint density at radius 1 is 1.17 bits per heavy atom. The summed E-state index contributed by atoms with van der Waals surface area (Å²) in [5.41, 5.74) is 3.87. The maximum absolute atomic E-state index is 13.8. The number of rotatable bonds is 5. The van der Waals surface area contributed by atoms with Crippen LogP contribution in [0.3, 0.4) is 0 Å². The van der Waals surface area contributed by atoms with Crippen molar-refractivity contribution in [1.29, 1.82) is 0 Å². The number of hydrogen-bond acceptors (Lipinski definition) is 7. The number of nitrogens with zero attached hydrogens (tertiary/aromatic N) is 3. The Labute approximate surface area is 220 Å². The van der Waals surface area contributed by atoms with E-state index >= 15 is 0 Å². The number of carbonyl (C=O) groups is 1. The third-order valence-electron chi connectivity index (χ3n) is 6.43. The van der Waals surface area contributed by atoms with Crippen molar-refractivity contribution in [2.75, 3.05) is 11.1 Å². The van der Waals surface area contributed by atoms with Crippen molar-refractivity contribution in [3.8, 4) is 5.69 Å². The van der Waals surface area contributed by atoms with E-state index in [2.05, 4.69) is 17.2 Å². The molecule has 0 bridgehead atoms. The number of aryl methyl sites for hydroxylation is 2. The van der Waals surface area contributed by atoms with Crippen LogP contribution in [0.1, 0.15) is 29.3 Å². The van der Waals surface area contributed by atoms with E-state index in [0.717, 1.165) is 56.5 Å². The zero-order valence-corrected chi connectivity index (χ0v) is 22.4. The normalized spacial score (nSPS) is 15.3. The molecule has 6 rings (SSSR count). The molecule has 6 nitrogen and oxygen atoms in total. The molecule has 1 aliphatic rings. The van der Waals surface area contributed by atoms with Crippen molar-refractivity contribution in [2.45, 2.75) is 38.3 Å². The van der Waals surface area contributed by atoms with Gasteiger partial charge in [0.25, 0.3) is 5.56 Å². The second kappa shape index (κ2) is 9.46. The number of thiazole rings is 1. The van der Waals surface area contributed by atoms with Gasteiger partial charge in [-0.05, 0) is 67.5 Å². The van der Waals surface area contributed by atoms with Gasteiger partial charge in [-0.15, -0.1) is 11.3 Å². The van der Waals surface area contributed by atoms with Crippen molar-refractivity contribution >= 4 is 65.9 Å². The lowest BCUT2D eigenvalue weighted by molar-refractivity contribution is -0.113. The molecule has 2 aromatic carbocycles. The maximum atomic E-state index is 13.8. The van der Waals surface area contributed by atoms with Crippen molar-refractivity contribution in [3.63, 3.8) is 0 Å². The van der Waals surface area contributed by atoms with Gasteiger partial charge >= 0.3 is 0 Å². The molecule has 1 N–H and O–H groups in total. The number of aromatic nitrogens is 3. The summed E-state index contributed by atoms with van der Waals surface area (Å²) in [6, 6.07) is 15.6. The summed E-state index contributed by atoms with van der Waals surface area (Å²) in [4.78, 5) is 38.2. The molecule has 5 aromatic rings. The number of thiophene rings is 1. The second-order valence-corrected chi connectivity index (χ2v) is 12.3. The molecule has 3 aromatic heterocycles. The van der Waals surface area contributed by atoms with E-state index in [1.807, 2.05) is 55.5 Å². The minimum absolute atomic E-state index is 0.0531. The summed E-state index contributed by atoms with van der Waals surface area (Å²) < 4.78 is 2.69. The number of carbonyl (C=O) groups excluding carboxylic acids is 1. The van der Waals surface area contributed by atoms with Gasteiger partial charge in [-0.25, -0.2) is 9.97 Å². The monoisotopic (exact) mass is 532 g/mol. The first-order valence-electron chi connectivity index (χ1n) is 11.9. The largest absolute Gasteiger partial charge is 0.301 e. The second-order valence-electron chi connectivity index (χ2n) is 9.23. The molecule has 1 aliphatic carbocycles. The van der Waals surface area contributed by atoms with E-state index in [1.54, 1.807) is 15.9 Å². The van der Waals surface area contributed by atoms with Gasteiger partial charge in [0.05, 0.1) is 27.0 Å². The van der Waals surface area contributed by atoms with E-state index < -0.39 is 0 Å². The van der Waals surface area contributed by atoms with Gasteiger partial charge in [0.2, 0.25) is 5.91 Å². The van der Waals surface area contributed by atoms with Gasteiger partial charge < -0.3 is 5.32 Å². The number of para-hydroxylation sites is 1. The van der Waals surface area contributed by atoms with Crippen LogP contribution < -0.4 is 10.9 Å². The molecule has 0 saturated heterocycles. The first-order chi connectivity index (χ1) is 17.5. The fourth-order valence-corrected chi connectivity index (χ4v) is 7.75. The quantitative estimate of drug-likeness (QED) is 0.215. The predicted octanol–water partition coefficient (Wildman–Crippen LogP) is 6.22. The van der Waals surface area contributed by atoms with Gasteiger partial charge in [-0.1, -0.05) is 54.3 Å². The number of nitrogens with one attached hydrogen (secondary N) is 1. The fraction of sp³-hybridized carbons (Fsp3) is 0.259. The van der Waals surface area contributed by atoms with Crippen molar-refractivity contribution in [3.05, 3.63) is 74.9 Å². The van der Waals surface area contributed by atoms with E-state index in [1.165, 1.54) is 28.0 Å². The third-order valence-corrected chi connectivity index (χ3v) is 9.47. The van der Waals surface area contributed by atoms with Gasteiger partial charge in [0.1, 0.15) is 4.83 Å². The molecule has 9 heteroatoms. The highest BCUT2D eigenvalue weighted by Gasteiger charge is 2.25. The lowest BCUT2D eigenvalue weighted by Crippen LogP contribution is -2.23. The summed E-state index contributed by atoms with van der Waals surface area (Å²) in [5, 5.41) is 4.75. The number of anilines is 1. The van der Waals surface area contributed by atoms with E-state index in [-0.39, 0.29) is 17.2 Å². The lowest BCUT2D eigenvalue weighted by Gasteiger charge is -2.17. The summed E-state index contributed by atoms with van der Waals surface area (Å²) in [6.45, 7) is 4.28. The van der Waals surface area contributed by atoms with Crippen LogP contribution in [0.25, 0.3) is 26.1 Å². The Bertz CT molecular complexity index is 1670. The Morgan fingerprint density at radius 2 is 2.00 bits per heavy atom. The Hall–Kier alpha value is -3.01. The van der Waals surface area contributed by atoms with Crippen LogP contribution in [-0.2, 0) is 17.6 Å². The van der Waals surface area contributed by atoms with Gasteiger partial charge in [0.15, 0.2) is 10.3 Å². The van der Waals surface area contributed by atoms with Crippen molar-refractivity contribution < 1.29 is 4.79 Å². The minimum Gasteiger partial charge on any atom is -0.301 e. The smallest absolute Gasteiger partial charge is 0.267 e. The fourth-order valence-electron chi connectivity index (χ4n) is 4.65. The average Bonchev–Trinajstić information content (AvgIpc) is 3.42. The molecule has 0 aliphatic heterocycles. The summed E-state index contributed by atoms with van der Waals surface area (Å²) in [5.74, 6) is 0.567. The van der Waals surface area contributed by atoms with Crippen LogP contribution in [0.4, 0.5) is 5.13 Å². The Kier molecular flexibility index (Phi) is 6.15. The first-order valence-corrected chi connectivity index (χ1v) is 14.5.